The number of hydrogen-bond acceptors (Lipinski definition) is 5. The Balaban J connectivity index is 1.82. The van der Waals surface area contributed by atoms with E-state index in [-0.39, 0.29) is 18.0 Å². The minimum absolute atomic E-state index is 0.0725. The first kappa shape index (κ1) is 20.3. The van der Waals surface area contributed by atoms with Crippen molar-refractivity contribution in [2.75, 3.05) is 10.8 Å². The number of anilines is 1. The standard InChI is InChI=1S/C20H24N2O5S/c1-20(2,19(25)15-6-4-3-5-7-15)11-14-8-9-17(18(24)10-14)22-12-16(13-23)21-28(22,26)27/h3-10,13,16,19,21,24-25H,11-12H2,1-2H3. The van der Waals surface area contributed by atoms with Gasteiger partial charge in [0.2, 0.25) is 0 Å². The van der Waals surface area contributed by atoms with Crippen LogP contribution in [0, 0.1) is 5.41 Å². The first-order valence-corrected chi connectivity index (χ1v) is 10.4. The molecule has 0 radical (unpaired) electrons. The number of benzene rings is 2. The highest BCUT2D eigenvalue weighted by molar-refractivity contribution is 7.91. The van der Waals surface area contributed by atoms with Gasteiger partial charge in [0, 0.05) is 0 Å². The average Bonchev–Trinajstić information content (AvgIpc) is 2.96. The Labute approximate surface area is 164 Å². The maximum Gasteiger partial charge on any atom is 0.302 e. The van der Waals surface area contributed by atoms with Crippen molar-refractivity contribution in [2.45, 2.75) is 32.4 Å². The molecule has 2 aromatic rings. The molecule has 1 aliphatic rings. The van der Waals surface area contributed by atoms with E-state index >= 15 is 0 Å². The van der Waals surface area contributed by atoms with Gasteiger partial charge in [-0.2, -0.15) is 13.1 Å². The van der Waals surface area contributed by atoms with E-state index < -0.39 is 27.8 Å². The second-order valence-electron chi connectivity index (χ2n) is 7.70. The van der Waals surface area contributed by atoms with E-state index in [4.69, 9.17) is 0 Å². The lowest BCUT2D eigenvalue weighted by Crippen LogP contribution is -2.30. The number of carbonyl (C=O) groups excluding carboxylic acids is 1. The SMILES string of the molecule is CC(C)(Cc1ccc(N2CC(C=O)NS2(=O)=O)c(O)c1)C(O)c1ccccc1. The van der Waals surface area contributed by atoms with Crippen LogP contribution in [0.2, 0.25) is 0 Å². The third-order valence-corrected chi connectivity index (χ3v) is 6.47. The Morgan fingerprint density at radius 1 is 1.25 bits per heavy atom. The number of aldehydes is 1. The predicted octanol–water partition coefficient (Wildman–Crippen LogP) is 1.92. The fourth-order valence-electron chi connectivity index (χ4n) is 3.47. The number of phenols is 1. The van der Waals surface area contributed by atoms with E-state index in [0.717, 1.165) is 15.4 Å². The highest BCUT2D eigenvalue weighted by Gasteiger charge is 2.37. The lowest BCUT2D eigenvalue weighted by Gasteiger charge is -2.31. The number of hydrogen-bond donors (Lipinski definition) is 3. The zero-order chi connectivity index (χ0) is 20.5. The molecule has 28 heavy (non-hydrogen) atoms. The Morgan fingerprint density at radius 3 is 2.50 bits per heavy atom. The van der Waals surface area contributed by atoms with Crippen LogP contribution >= 0.6 is 0 Å². The third kappa shape index (κ3) is 4.04. The van der Waals surface area contributed by atoms with Crippen LogP contribution < -0.4 is 9.03 Å². The van der Waals surface area contributed by atoms with Gasteiger partial charge in [0.05, 0.1) is 24.4 Å². The van der Waals surface area contributed by atoms with Gasteiger partial charge in [-0.25, -0.2) is 0 Å². The molecule has 0 spiro atoms. The summed E-state index contributed by atoms with van der Waals surface area (Å²) in [6.45, 7) is 3.79. The summed E-state index contributed by atoms with van der Waals surface area (Å²) in [5.41, 5.74) is 1.17. The number of aromatic hydroxyl groups is 1. The number of phenolic OH excluding ortho intramolecular Hbond substituents is 1. The normalized spacial score (nSPS) is 20.1. The largest absolute Gasteiger partial charge is 0.506 e. The lowest BCUT2D eigenvalue weighted by molar-refractivity contribution is -0.108. The quantitative estimate of drug-likeness (QED) is 0.638. The van der Waals surface area contributed by atoms with E-state index in [0.29, 0.717) is 12.7 Å². The Hall–Kier alpha value is -2.42. The van der Waals surface area contributed by atoms with E-state index in [1.54, 1.807) is 6.07 Å². The number of nitrogens with one attached hydrogen (secondary N) is 1. The third-order valence-electron chi connectivity index (χ3n) is 4.94. The van der Waals surface area contributed by atoms with Crippen molar-refractivity contribution in [3.05, 3.63) is 59.7 Å². The molecule has 0 amide bonds. The molecule has 0 saturated carbocycles. The van der Waals surface area contributed by atoms with Gasteiger partial charge in [-0.1, -0.05) is 50.2 Å². The summed E-state index contributed by atoms with van der Waals surface area (Å²) in [5.74, 6) is -0.195. The van der Waals surface area contributed by atoms with E-state index in [2.05, 4.69) is 4.72 Å². The molecule has 2 aromatic carbocycles. The molecule has 1 aliphatic heterocycles. The van der Waals surface area contributed by atoms with Gasteiger partial charge in [-0.05, 0) is 35.1 Å². The summed E-state index contributed by atoms with van der Waals surface area (Å²) >= 11 is 0. The van der Waals surface area contributed by atoms with Crippen LogP contribution in [0.4, 0.5) is 5.69 Å². The molecule has 0 aromatic heterocycles. The number of nitrogens with zero attached hydrogens (tertiary/aromatic N) is 1. The Bertz CT molecular complexity index is 960. The van der Waals surface area contributed by atoms with E-state index in [1.165, 1.54) is 12.1 Å². The minimum atomic E-state index is -3.87. The molecule has 2 unspecified atom stereocenters. The highest BCUT2D eigenvalue weighted by atomic mass is 32.2. The maximum absolute atomic E-state index is 12.2. The summed E-state index contributed by atoms with van der Waals surface area (Å²) in [6.07, 6.45) is 0.294. The maximum atomic E-state index is 12.2. The molecule has 3 N–H and O–H groups in total. The fourth-order valence-corrected chi connectivity index (χ4v) is 4.88. The van der Waals surface area contributed by atoms with Crippen molar-refractivity contribution < 1.29 is 23.4 Å². The van der Waals surface area contributed by atoms with Crippen LogP contribution in [0.3, 0.4) is 0 Å². The molecule has 150 valence electrons. The van der Waals surface area contributed by atoms with Crippen molar-refractivity contribution in [3.63, 3.8) is 0 Å². The van der Waals surface area contributed by atoms with Crippen LogP contribution in [0.15, 0.2) is 48.5 Å². The molecule has 7 nitrogen and oxygen atoms in total. The zero-order valence-electron chi connectivity index (χ0n) is 15.7. The second kappa shape index (κ2) is 7.54. The monoisotopic (exact) mass is 404 g/mol. The van der Waals surface area contributed by atoms with Crippen molar-refractivity contribution in [3.8, 4) is 5.75 Å². The molecule has 1 heterocycles. The molecular formula is C20H24N2O5S. The smallest absolute Gasteiger partial charge is 0.302 e. The summed E-state index contributed by atoms with van der Waals surface area (Å²) in [7, 11) is -3.87. The van der Waals surface area contributed by atoms with Crippen LogP contribution in [-0.2, 0) is 21.4 Å². The molecular weight excluding hydrogens is 380 g/mol. The molecule has 3 rings (SSSR count). The molecule has 8 heteroatoms. The number of carbonyl (C=O) groups is 1. The van der Waals surface area contributed by atoms with Crippen molar-refractivity contribution >= 4 is 22.2 Å². The first-order chi connectivity index (χ1) is 13.1. The summed E-state index contributed by atoms with van der Waals surface area (Å²) in [6, 6.07) is 13.2. The van der Waals surface area contributed by atoms with Crippen LogP contribution in [0.5, 0.6) is 5.75 Å². The van der Waals surface area contributed by atoms with E-state index in [1.807, 2.05) is 44.2 Å². The number of aliphatic hydroxyl groups excluding tert-OH is 1. The average molecular weight is 404 g/mol. The molecule has 2 atom stereocenters. The Kier molecular flexibility index (Phi) is 5.47. The molecule has 0 aliphatic carbocycles. The van der Waals surface area contributed by atoms with Gasteiger partial charge in [0.15, 0.2) is 0 Å². The fraction of sp³-hybridized carbons (Fsp3) is 0.350. The van der Waals surface area contributed by atoms with Gasteiger partial charge in [-0.15, -0.1) is 0 Å². The van der Waals surface area contributed by atoms with Gasteiger partial charge in [-0.3, -0.25) is 4.31 Å². The van der Waals surface area contributed by atoms with Crippen LogP contribution in [0.25, 0.3) is 0 Å². The van der Waals surface area contributed by atoms with Gasteiger partial charge in [0.25, 0.3) is 0 Å². The van der Waals surface area contributed by atoms with Gasteiger partial charge < -0.3 is 15.0 Å². The van der Waals surface area contributed by atoms with Crippen molar-refractivity contribution in [1.82, 2.24) is 4.72 Å². The molecule has 0 bridgehead atoms. The lowest BCUT2D eigenvalue weighted by atomic mass is 9.77. The zero-order valence-corrected chi connectivity index (χ0v) is 16.6. The first-order valence-electron chi connectivity index (χ1n) is 8.94. The minimum Gasteiger partial charge on any atom is -0.506 e. The number of rotatable bonds is 6. The topological polar surface area (TPSA) is 107 Å². The van der Waals surface area contributed by atoms with E-state index in [9.17, 15) is 23.4 Å². The van der Waals surface area contributed by atoms with Gasteiger partial charge in [0.1, 0.15) is 12.0 Å². The van der Waals surface area contributed by atoms with Crippen LogP contribution in [-0.4, -0.2) is 37.5 Å². The Morgan fingerprint density at radius 2 is 1.93 bits per heavy atom. The highest BCUT2D eigenvalue weighted by Crippen LogP contribution is 2.38. The summed E-state index contributed by atoms with van der Waals surface area (Å²) in [4.78, 5) is 10.9. The predicted molar refractivity (Wildman–Crippen MR) is 106 cm³/mol. The van der Waals surface area contributed by atoms with Crippen molar-refractivity contribution in [2.24, 2.45) is 5.41 Å². The molecule has 1 fully saturated rings. The molecule has 1 saturated heterocycles. The van der Waals surface area contributed by atoms with Gasteiger partial charge >= 0.3 is 10.2 Å². The number of aliphatic hydroxyl groups is 1. The second-order valence-corrected chi connectivity index (χ2v) is 9.32. The van der Waals surface area contributed by atoms with Crippen LogP contribution in [0.1, 0.15) is 31.1 Å². The summed E-state index contributed by atoms with van der Waals surface area (Å²) < 4.78 is 27.5. The summed E-state index contributed by atoms with van der Waals surface area (Å²) in [5, 5.41) is 21.2. The van der Waals surface area contributed by atoms with Crippen molar-refractivity contribution in [1.29, 1.82) is 0 Å².